The van der Waals surface area contributed by atoms with E-state index in [1.165, 1.54) is 17.7 Å². The Morgan fingerprint density at radius 2 is 1.71 bits per heavy atom. The number of thioether (sulfide) groups is 1. The molecular weight excluding hydrogens is 421 g/mol. The van der Waals surface area contributed by atoms with E-state index in [4.69, 9.17) is 0 Å². The number of hydrogen-bond donors (Lipinski definition) is 0. The molecule has 0 aliphatic carbocycles. The summed E-state index contributed by atoms with van der Waals surface area (Å²) in [5, 5.41) is 0. The highest BCUT2D eigenvalue weighted by Crippen LogP contribution is 2.38. The van der Waals surface area contributed by atoms with Gasteiger partial charge in [0.05, 0.1) is 13.2 Å². The van der Waals surface area contributed by atoms with Gasteiger partial charge in [0.25, 0.3) is 0 Å². The van der Waals surface area contributed by atoms with Crippen molar-refractivity contribution in [2.45, 2.75) is 42.9 Å². The molecule has 0 amide bonds. The molecule has 4 rings (SSSR count). The zero-order valence-corrected chi connectivity index (χ0v) is 18.3. The van der Waals surface area contributed by atoms with Crippen LogP contribution in [0.3, 0.4) is 0 Å². The molecule has 0 bridgehead atoms. The van der Waals surface area contributed by atoms with Crippen LogP contribution >= 0.6 is 11.8 Å². The molecule has 164 valence electrons. The van der Waals surface area contributed by atoms with Gasteiger partial charge in [-0.1, -0.05) is 30.3 Å². The van der Waals surface area contributed by atoms with E-state index in [2.05, 4.69) is 45.3 Å². The molecule has 0 unspecified atom stereocenters. The summed E-state index contributed by atoms with van der Waals surface area (Å²) in [4.78, 5) is 9.34. The zero-order chi connectivity index (χ0) is 22.1. The van der Waals surface area contributed by atoms with Crippen molar-refractivity contribution >= 4 is 17.4 Å². The first-order chi connectivity index (χ1) is 14.7. The Hall–Kier alpha value is -2.45. The lowest BCUT2D eigenvalue weighted by atomic mass is 10.1. The van der Waals surface area contributed by atoms with Crippen LogP contribution in [0, 0.1) is 0 Å². The van der Waals surface area contributed by atoms with E-state index in [-0.39, 0.29) is 22.2 Å². The Morgan fingerprint density at radius 3 is 2.39 bits per heavy atom. The van der Waals surface area contributed by atoms with Gasteiger partial charge in [-0.3, -0.25) is 4.90 Å². The second-order valence-electron chi connectivity index (χ2n) is 8.35. The lowest BCUT2D eigenvalue weighted by Crippen LogP contribution is -2.40. The van der Waals surface area contributed by atoms with E-state index in [9.17, 15) is 13.2 Å². The summed E-state index contributed by atoms with van der Waals surface area (Å²) < 4.78 is 39.9. The topological polar surface area (TPSA) is 24.3 Å². The minimum absolute atomic E-state index is 0.0826. The van der Waals surface area contributed by atoms with Gasteiger partial charge in [-0.25, -0.2) is 4.98 Å². The van der Waals surface area contributed by atoms with Crippen molar-refractivity contribution in [3.63, 3.8) is 0 Å². The van der Waals surface area contributed by atoms with Crippen molar-refractivity contribution in [2.75, 3.05) is 18.1 Å². The maximum atomic E-state index is 12.6. The minimum atomic E-state index is -4.27. The van der Waals surface area contributed by atoms with Gasteiger partial charge >= 0.3 is 5.51 Å². The predicted octanol–water partition coefficient (Wildman–Crippen LogP) is 5.60. The maximum Gasteiger partial charge on any atom is 0.446 e. The zero-order valence-electron chi connectivity index (χ0n) is 17.5. The monoisotopic (exact) mass is 446 g/mol. The molecule has 1 aromatic heterocycles. The fourth-order valence-corrected chi connectivity index (χ4v) is 4.44. The molecule has 0 saturated carbocycles. The fraction of sp³-hybridized carbons (Fsp3) is 0.348. The summed E-state index contributed by atoms with van der Waals surface area (Å²) in [7, 11) is 0. The van der Waals surface area contributed by atoms with Crippen LogP contribution in [0.1, 0.15) is 25.2 Å². The summed E-state index contributed by atoms with van der Waals surface area (Å²) in [5.74, 6) is 0.996. The molecule has 3 aromatic rings. The van der Waals surface area contributed by atoms with Crippen LogP contribution in [0.15, 0.2) is 71.9 Å². The molecule has 0 N–H and O–H groups in total. The second kappa shape index (κ2) is 8.59. The van der Waals surface area contributed by atoms with Gasteiger partial charge < -0.3 is 9.47 Å². The average Bonchev–Trinajstić information content (AvgIpc) is 3.26. The highest BCUT2D eigenvalue weighted by Gasteiger charge is 2.38. The van der Waals surface area contributed by atoms with Gasteiger partial charge in [0.1, 0.15) is 5.82 Å². The van der Waals surface area contributed by atoms with Gasteiger partial charge in [-0.15, -0.1) is 0 Å². The van der Waals surface area contributed by atoms with E-state index in [1.54, 1.807) is 12.1 Å². The van der Waals surface area contributed by atoms with Crippen molar-refractivity contribution < 1.29 is 13.2 Å². The van der Waals surface area contributed by atoms with Crippen molar-refractivity contribution in [1.82, 2.24) is 14.5 Å². The van der Waals surface area contributed by atoms with Gasteiger partial charge in [0, 0.05) is 41.6 Å². The summed E-state index contributed by atoms with van der Waals surface area (Å²) >= 11 is -0.0826. The number of hydrogen-bond acceptors (Lipinski definition) is 4. The molecule has 0 radical (unpaired) electrons. The van der Waals surface area contributed by atoms with Crippen LogP contribution in [0.4, 0.5) is 18.9 Å². The lowest BCUT2D eigenvalue weighted by Gasteiger charge is -2.29. The first-order valence-corrected chi connectivity index (χ1v) is 10.9. The van der Waals surface area contributed by atoms with Crippen molar-refractivity contribution in [3.8, 4) is 0 Å². The highest BCUT2D eigenvalue weighted by molar-refractivity contribution is 8.00. The maximum absolute atomic E-state index is 12.6. The molecule has 0 atom stereocenters. The van der Waals surface area contributed by atoms with E-state index in [0.29, 0.717) is 13.2 Å². The van der Waals surface area contributed by atoms with Crippen molar-refractivity contribution in [2.24, 2.45) is 0 Å². The summed E-state index contributed by atoms with van der Waals surface area (Å²) in [6, 6.07) is 16.9. The first kappa shape index (κ1) is 21.8. The predicted molar refractivity (Wildman–Crippen MR) is 118 cm³/mol. The Kier molecular flexibility index (Phi) is 6.03. The van der Waals surface area contributed by atoms with E-state index in [0.717, 1.165) is 24.6 Å². The van der Waals surface area contributed by atoms with Crippen LogP contribution < -0.4 is 4.90 Å². The van der Waals surface area contributed by atoms with Crippen LogP contribution in [-0.4, -0.2) is 38.7 Å². The Labute approximate surface area is 184 Å². The quantitative estimate of drug-likeness (QED) is 0.460. The number of alkyl halides is 3. The molecule has 4 nitrogen and oxygen atoms in total. The molecule has 2 heterocycles. The SMILES string of the molecule is CC1(C)CN(c2ccc(SC(F)(F)F)cc2)CN1Cc1nccn1Cc1ccccc1. The molecule has 1 saturated heterocycles. The number of aromatic nitrogens is 2. The third-order valence-corrected chi connectivity index (χ3v) is 6.28. The van der Waals surface area contributed by atoms with Gasteiger partial charge in [0.15, 0.2) is 0 Å². The number of benzene rings is 2. The first-order valence-electron chi connectivity index (χ1n) is 10.1. The van der Waals surface area contributed by atoms with Crippen LogP contribution in [0.25, 0.3) is 0 Å². The Morgan fingerprint density at radius 1 is 1.00 bits per heavy atom. The van der Waals surface area contributed by atoms with Crippen molar-refractivity contribution in [3.05, 3.63) is 78.4 Å². The van der Waals surface area contributed by atoms with Gasteiger partial charge in [-0.05, 0) is 55.4 Å². The minimum Gasteiger partial charge on any atom is -0.357 e. The number of halogens is 3. The van der Waals surface area contributed by atoms with Gasteiger partial charge in [-0.2, -0.15) is 13.2 Å². The third kappa shape index (κ3) is 5.43. The molecule has 2 aromatic carbocycles. The van der Waals surface area contributed by atoms with Crippen molar-refractivity contribution in [1.29, 1.82) is 0 Å². The van der Waals surface area contributed by atoms with E-state index < -0.39 is 5.51 Å². The normalized spacial score (nSPS) is 16.7. The van der Waals surface area contributed by atoms with Gasteiger partial charge in [0.2, 0.25) is 0 Å². The highest BCUT2D eigenvalue weighted by atomic mass is 32.2. The van der Waals surface area contributed by atoms with Crippen LogP contribution in [-0.2, 0) is 13.1 Å². The summed E-state index contributed by atoms with van der Waals surface area (Å²) in [6.45, 7) is 7.32. The molecule has 0 spiro atoms. The van der Waals surface area contributed by atoms with Crippen LogP contribution in [0.2, 0.25) is 0 Å². The fourth-order valence-electron chi connectivity index (χ4n) is 3.90. The molecule has 1 fully saturated rings. The molecule has 31 heavy (non-hydrogen) atoms. The number of nitrogens with zero attached hydrogens (tertiary/aromatic N) is 4. The lowest BCUT2D eigenvalue weighted by molar-refractivity contribution is -0.0328. The van der Waals surface area contributed by atoms with Crippen LogP contribution in [0.5, 0.6) is 0 Å². The van der Waals surface area contributed by atoms with E-state index in [1.807, 2.05) is 30.6 Å². The smallest absolute Gasteiger partial charge is 0.357 e. The number of imidazole rings is 1. The van der Waals surface area contributed by atoms with E-state index >= 15 is 0 Å². The standard InChI is InChI=1S/C23H25F3N4S/c1-22(2)16-29(19-8-10-20(11-9-19)31-23(24,25)26)17-30(22)15-21-27-12-13-28(21)14-18-6-4-3-5-7-18/h3-13H,14-17H2,1-2H3. The summed E-state index contributed by atoms with van der Waals surface area (Å²) in [6.07, 6.45) is 3.83. The molecule has 8 heteroatoms. The second-order valence-corrected chi connectivity index (χ2v) is 9.49. The summed E-state index contributed by atoms with van der Waals surface area (Å²) in [5.41, 5.74) is -2.21. The Balaban J connectivity index is 1.45. The molecule has 1 aliphatic rings. The Bertz CT molecular complexity index is 1000. The number of rotatable bonds is 6. The molecular formula is C23H25F3N4S. The average molecular weight is 447 g/mol. The largest absolute Gasteiger partial charge is 0.446 e. The molecule has 1 aliphatic heterocycles. The third-order valence-electron chi connectivity index (χ3n) is 5.54. The number of anilines is 1.